The zero-order chi connectivity index (χ0) is 27.2. The third kappa shape index (κ3) is 4.91. The number of fused-ring (bicyclic) bond motifs is 1. The first kappa shape index (κ1) is 25.9. The van der Waals surface area contributed by atoms with Crippen LogP contribution in [-0.2, 0) is 24.2 Å². The molecule has 200 valence electrons. The number of pyridine rings is 1. The predicted molar refractivity (Wildman–Crippen MR) is 152 cm³/mol. The van der Waals surface area contributed by atoms with Gasteiger partial charge in [0.2, 0.25) is 0 Å². The van der Waals surface area contributed by atoms with Gasteiger partial charge in [0.1, 0.15) is 18.0 Å². The summed E-state index contributed by atoms with van der Waals surface area (Å²) < 4.78 is 0. The number of carboxylic acid groups (broad SMARTS) is 1. The molecular weight excluding hydrogens is 476 g/mol. The highest BCUT2D eigenvalue weighted by atomic mass is 16.4. The van der Waals surface area contributed by atoms with Crippen LogP contribution in [0.4, 0.5) is 17.3 Å². The van der Waals surface area contributed by atoms with Crippen molar-refractivity contribution in [2.24, 2.45) is 5.41 Å². The van der Waals surface area contributed by atoms with Gasteiger partial charge in [0, 0.05) is 54.3 Å². The van der Waals surface area contributed by atoms with Gasteiger partial charge in [0.25, 0.3) is 0 Å². The fraction of sp³-hybridized carbons (Fsp3) is 0.467. The number of rotatable bonds is 5. The van der Waals surface area contributed by atoms with Crippen LogP contribution in [0.2, 0.25) is 0 Å². The molecule has 0 amide bonds. The minimum Gasteiger partial charge on any atom is -0.481 e. The molecule has 2 aliphatic rings. The van der Waals surface area contributed by atoms with Gasteiger partial charge in [-0.1, -0.05) is 32.0 Å². The number of aliphatic carboxylic acids is 1. The van der Waals surface area contributed by atoms with E-state index in [9.17, 15) is 9.90 Å². The van der Waals surface area contributed by atoms with Crippen molar-refractivity contribution in [1.82, 2.24) is 15.0 Å². The van der Waals surface area contributed by atoms with E-state index in [-0.39, 0.29) is 6.42 Å². The van der Waals surface area contributed by atoms with E-state index in [1.807, 2.05) is 20.8 Å². The minimum atomic E-state index is -0.825. The molecule has 0 atom stereocenters. The maximum atomic E-state index is 11.9. The molecule has 3 aromatic rings. The van der Waals surface area contributed by atoms with Gasteiger partial charge >= 0.3 is 5.97 Å². The van der Waals surface area contributed by atoms with E-state index in [1.54, 1.807) is 0 Å². The molecule has 1 aromatic carbocycles. The second-order valence-corrected chi connectivity index (χ2v) is 11.6. The smallest absolute Gasteiger partial charge is 0.307 e. The van der Waals surface area contributed by atoms with E-state index in [1.165, 1.54) is 17.5 Å². The molecule has 1 fully saturated rings. The number of carbonyl (C=O) groups is 1. The molecule has 0 radical (unpaired) electrons. The zero-order valence-electron chi connectivity index (χ0n) is 23.1. The first-order valence-electron chi connectivity index (χ1n) is 13.4. The van der Waals surface area contributed by atoms with Crippen LogP contribution in [0.15, 0.2) is 24.5 Å². The minimum absolute atomic E-state index is 0.0251. The second kappa shape index (κ2) is 9.89. The molecule has 0 aliphatic carbocycles. The number of hydrogen-bond donors (Lipinski definition) is 2. The van der Waals surface area contributed by atoms with Gasteiger partial charge in [0.05, 0.1) is 12.1 Å². The highest BCUT2D eigenvalue weighted by Crippen LogP contribution is 2.42. The largest absolute Gasteiger partial charge is 0.481 e. The summed E-state index contributed by atoms with van der Waals surface area (Å²) in [6.07, 6.45) is 4.54. The van der Waals surface area contributed by atoms with Crippen LogP contribution < -0.4 is 15.5 Å². The Hall–Kier alpha value is -3.68. The number of hydrogen-bond acceptors (Lipinski definition) is 7. The third-order valence-electron chi connectivity index (χ3n) is 8.32. The lowest BCUT2D eigenvalue weighted by Crippen LogP contribution is -2.38. The number of nitrogens with zero attached hydrogens (tertiary/aromatic N) is 5. The van der Waals surface area contributed by atoms with Crippen molar-refractivity contribution < 1.29 is 9.90 Å². The van der Waals surface area contributed by atoms with Crippen LogP contribution in [-0.4, -0.2) is 45.7 Å². The lowest BCUT2D eigenvalue weighted by atomic mass is 9.82. The molecule has 2 aromatic heterocycles. The van der Waals surface area contributed by atoms with Gasteiger partial charge in [-0.2, -0.15) is 0 Å². The molecule has 0 saturated carbocycles. The number of benzene rings is 1. The summed E-state index contributed by atoms with van der Waals surface area (Å²) in [4.78, 5) is 30.0. The summed E-state index contributed by atoms with van der Waals surface area (Å²) >= 11 is 0. The molecular formula is C30H38N6O2. The Kier molecular flexibility index (Phi) is 6.75. The van der Waals surface area contributed by atoms with Crippen molar-refractivity contribution in [2.45, 2.75) is 66.8 Å². The first-order chi connectivity index (χ1) is 18.0. The van der Waals surface area contributed by atoms with Crippen molar-refractivity contribution in [3.8, 4) is 11.1 Å². The highest BCUT2D eigenvalue weighted by Gasteiger charge is 2.30. The summed E-state index contributed by atoms with van der Waals surface area (Å²) in [5, 5.41) is 9.77. The summed E-state index contributed by atoms with van der Waals surface area (Å²) in [5.41, 5.74) is 15.6. The highest BCUT2D eigenvalue weighted by molar-refractivity contribution is 5.86. The molecule has 0 bridgehead atoms. The quantitative estimate of drug-likeness (QED) is 0.497. The Balaban J connectivity index is 1.55. The van der Waals surface area contributed by atoms with Gasteiger partial charge in [-0.3, -0.25) is 9.78 Å². The molecule has 0 unspecified atom stereocenters. The molecule has 8 heteroatoms. The van der Waals surface area contributed by atoms with Crippen LogP contribution in [0.25, 0.3) is 11.1 Å². The standard InChI is InChI=1S/C30H38N6O2/c1-18-28(31)32-17-33-29(18)36-11-8-21-14-22(6-7-23(21)16-36)26-20(3)34-19(2)24(15-25(37)38)27(26)35-12-9-30(4,5)10-13-35/h6-7,14,17H,8-13,15-16H2,1-5H3,(H,37,38)(H2,31,32,33). The molecule has 5 rings (SSSR count). The number of piperidine rings is 1. The number of nitrogen functional groups attached to an aromatic ring is 1. The molecule has 8 nitrogen and oxygen atoms in total. The normalized spacial score (nSPS) is 16.9. The average Bonchev–Trinajstić information content (AvgIpc) is 2.86. The molecule has 3 N–H and O–H groups in total. The van der Waals surface area contributed by atoms with Gasteiger partial charge in [-0.25, -0.2) is 9.97 Å². The van der Waals surface area contributed by atoms with Crippen LogP contribution in [0.3, 0.4) is 0 Å². The van der Waals surface area contributed by atoms with E-state index in [0.717, 1.165) is 90.6 Å². The summed E-state index contributed by atoms with van der Waals surface area (Å²) in [5.74, 6) is 0.582. The van der Waals surface area contributed by atoms with E-state index < -0.39 is 5.97 Å². The fourth-order valence-electron chi connectivity index (χ4n) is 5.92. The van der Waals surface area contributed by atoms with Crippen LogP contribution >= 0.6 is 0 Å². The molecule has 0 spiro atoms. The van der Waals surface area contributed by atoms with Crippen molar-refractivity contribution in [3.63, 3.8) is 0 Å². The van der Waals surface area contributed by atoms with E-state index in [0.29, 0.717) is 11.2 Å². The predicted octanol–water partition coefficient (Wildman–Crippen LogP) is 4.86. The lowest BCUT2D eigenvalue weighted by molar-refractivity contribution is -0.136. The number of nitrogens with two attached hydrogens (primary N) is 1. The zero-order valence-corrected chi connectivity index (χ0v) is 23.1. The van der Waals surface area contributed by atoms with Gasteiger partial charge in [-0.05, 0) is 62.1 Å². The Labute approximate surface area is 224 Å². The summed E-state index contributed by atoms with van der Waals surface area (Å²) in [7, 11) is 0. The maximum Gasteiger partial charge on any atom is 0.307 e. The first-order valence-corrected chi connectivity index (χ1v) is 13.4. The maximum absolute atomic E-state index is 11.9. The Morgan fingerprint density at radius 3 is 2.47 bits per heavy atom. The van der Waals surface area contributed by atoms with Gasteiger partial charge in [-0.15, -0.1) is 0 Å². The average molecular weight is 515 g/mol. The topological polar surface area (TPSA) is 108 Å². The van der Waals surface area contributed by atoms with Crippen molar-refractivity contribution in [2.75, 3.05) is 35.2 Å². The number of anilines is 3. The summed E-state index contributed by atoms with van der Waals surface area (Å²) in [6.45, 7) is 14.0. The van der Waals surface area contributed by atoms with Crippen molar-refractivity contribution >= 4 is 23.3 Å². The molecule has 4 heterocycles. The van der Waals surface area contributed by atoms with E-state index >= 15 is 0 Å². The Morgan fingerprint density at radius 2 is 1.76 bits per heavy atom. The number of carboxylic acids is 1. The van der Waals surface area contributed by atoms with E-state index in [4.69, 9.17) is 10.7 Å². The Bertz CT molecular complexity index is 1390. The van der Waals surface area contributed by atoms with Crippen LogP contribution in [0, 0.1) is 26.2 Å². The molecule has 2 aliphatic heterocycles. The lowest BCUT2D eigenvalue weighted by Gasteiger charge is -2.40. The third-order valence-corrected chi connectivity index (χ3v) is 8.32. The second-order valence-electron chi connectivity index (χ2n) is 11.6. The van der Waals surface area contributed by atoms with Gasteiger partial charge in [0.15, 0.2) is 0 Å². The monoisotopic (exact) mass is 514 g/mol. The number of aromatic nitrogens is 3. The fourth-order valence-corrected chi connectivity index (χ4v) is 5.92. The molecule has 38 heavy (non-hydrogen) atoms. The van der Waals surface area contributed by atoms with Crippen LogP contribution in [0.5, 0.6) is 0 Å². The van der Waals surface area contributed by atoms with Crippen molar-refractivity contribution in [1.29, 1.82) is 0 Å². The van der Waals surface area contributed by atoms with E-state index in [2.05, 4.69) is 51.8 Å². The summed E-state index contributed by atoms with van der Waals surface area (Å²) in [6, 6.07) is 6.66. The Morgan fingerprint density at radius 1 is 1.03 bits per heavy atom. The SMILES string of the molecule is Cc1nc(C)c(-c2ccc3c(c2)CCN(c2ncnc(N)c2C)C3)c(N2CCC(C)(C)CC2)c1CC(=O)O. The van der Waals surface area contributed by atoms with Crippen LogP contribution in [0.1, 0.15) is 60.3 Å². The van der Waals surface area contributed by atoms with Crippen molar-refractivity contribution in [3.05, 3.63) is 58.2 Å². The number of aryl methyl sites for hydroxylation is 2. The van der Waals surface area contributed by atoms with Gasteiger partial charge < -0.3 is 20.6 Å². The molecule has 1 saturated heterocycles.